The second kappa shape index (κ2) is 44.4. The molecule has 2 aliphatic heterocycles. The molecule has 2 aromatic carbocycles. The average molecular weight is 1360 g/mol. The zero-order valence-corrected chi connectivity index (χ0v) is 50.5. The van der Waals surface area contributed by atoms with Crippen LogP contribution in [0.25, 0.3) is 21.8 Å². The van der Waals surface area contributed by atoms with E-state index in [-0.39, 0.29) is 55.0 Å². The largest absolute Gasteiger partial charge is 0.586 e. The van der Waals surface area contributed by atoms with E-state index in [0.29, 0.717) is 25.4 Å². The van der Waals surface area contributed by atoms with Crippen LogP contribution in [0.15, 0.2) is 353 Å². The summed E-state index contributed by atoms with van der Waals surface area (Å²) in [6, 6.07) is 7.19. The summed E-state index contributed by atoms with van der Waals surface area (Å²) < 4.78 is 80.1. The minimum atomic E-state index is -3.69. The summed E-state index contributed by atoms with van der Waals surface area (Å²) in [5.41, 5.74) is 136. The number of carbonyl (C=O) groups is 2. The van der Waals surface area contributed by atoms with Crippen LogP contribution in [0.5, 0.6) is 23.0 Å². The van der Waals surface area contributed by atoms with E-state index < -0.39 is 24.5 Å². The number of nitrogens with one attached hydrogen (secondary N) is 2. The van der Waals surface area contributed by atoms with Crippen LogP contribution in [-0.2, 0) is 9.47 Å². The van der Waals surface area contributed by atoms with Gasteiger partial charge in [0.25, 0.3) is 0 Å². The highest BCUT2D eigenvalue weighted by atomic mass is 127. The first-order valence-electron chi connectivity index (χ1n) is 25.2. The maximum atomic E-state index is 13.1. The number of carbonyl (C=O) groups excluding carboxylic acids is 2. The van der Waals surface area contributed by atoms with Gasteiger partial charge in [-0.3, -0.25) is 0 Å². The summed E-state index contributed by atoms with van der Waals surface area (Å²) in [6.45, 7) is 10.4. The second-order valence-electron chi connectivity index (χ2n) is 14.8. The average Bonchev–Trinajstić information content (AvgIpc) is 1.61. The maximum absolute atomic E-state index is 13.1. The second-order valence-corrected chi connectivity index (χ2v) is 15.9. The van der Waals surface area contributed by atoms with Crippen molar-refractivity contribution >= 4 is 56.3 Å². The van der Waals surface area contributed by atoms with Crippen molar-refractivity contribution in [2.75, 3.05) is 13.2 Å². The first-order valence-corrected chi connectivity index (χ1v) is 26.3. The lowest BCUT2D eigenvalue weighted by Crippen LogP contribution is -2.26. The highest BCUT2D eigenvalue weighted by Crippen LogP contribution is 2.48. The van der Waals surface area contributed by atoms with Crippen LogP contribution in [0.3, 0.4) is 0 Å². The van der Waals surface area contributed by atoms with Crippen molar-refractivity contribution in [1.29, 1.82) is 0 Å². The Kier molecular flexibility index (Phi) is 34.3. The highest BCUT2D eigenvalue weighted by molar-refractivity contribution is 14.1. The predicted octanol–water partition coefficient (Wildman–Crippen LogP) is 15.8. The molecule has 0 bridgehead atoms. The topological polar surface area (TPSA) is 121 Å². The fraction of sp³-hybridized carbons (Fsp3) is 0.0864. The number of ether oxygens (including phenoxy) is 6. The molecule has 6 rings (SSSR count). The molecule has 0 saturated heterocycles. The number of esters is 2. The zero-order valence-electron chi connectivity index (χ0n) is 48.4. The van der Waals surface area contributed by atoms with Gasteiger partial charge >= 0.3 is 24.5 Å². The summed E-state index contributed by atoms with van der Waals surface area (Å²) in [6.07, 6.45) is -7.38. The highest BCUT2D eigenvalue weighted by Gasteiger charge is 2.46. The van der Waals surface area contributed by atoms with E-state index in [4.69, 9.17) is 9.47 Å². The Morgan fingerprint density at radius 3 is 0.948 bits per heavy atom. The van der Waals surface area contributed by atoms with Crippen molar-refractivity contribution in [2.24, 2.45) is 0 Å². The molecular weight excluding hydrogens is 1330 g/mol. The molecule has 0 amide bonds. The van der Waals surface area contributed by atoms with Crippen LogP contribution in [0, 0.1) is 3.57 Å². The molecule has 442 valence electrons. The molecule has 0 saturated carbocycles. The van der Waals surface area contributed by atoms with E-state index in [0.717, 1.165) is 0 Å². The van der Waals surface area contributed by atoms with Crippen LogP contribution in [-0.4, -0.2) is 47.7 Å². The van der Waals surface area contributed by atoms with Gasteiger partial charge in [-0.1, -0.05) is 18.9 Å². The molecule has 96 heavy (non-hydrogen) atoms. The molecule has 0 atom stereocenters. The third kappa shape index (κ3) is 29.6. The third-order valence-electron chi connectivity index (χ3n) is 8.78. The molecule has 2 aromatic heterocycles. The lowest BCUT2D eigenvalue weighted by atomic mass is 10.2. The number of aromatic nitrogens is 2. The number of fused-ring (bicyclic) bond motifs is 6. The summed E-state index contributed by atoms with van der Waals surface area (Å²) in [5.74, 6) is -1.40. The van der Waals surface area contributed by atoms with E-state index in [2.05, 4.69) is 352 Å². The van der Waals surface area contributed by atoms with Gasteiger partial charge < -0.3 is 38.4 Å². The smallest absolute Gasteiger partial charge is 0.461 e. The number of hydrogen-bond acceptors (Lipinski definition) is 8. The molecular formula is C81H25F4IN2O8. The summed E-state index contributed by atoms with van der Waals surface area (Å²) in [5, 5.41) is 0.723. The van der Waals surface area contributed by atoms with Gasteiger partial charge in [-0.15, -0.1) is 17.6 Å². The quantitative estimate of drug-likeness (QED) is 0.0897. The van der Waals surface area contributed by atoms with Crippen molar-refractivity contribution in [3.05, 3.63) is 368 Å². The number of aromatic amines is 2. The first kappa shape index (κ1) is 74.2. The molecule has 0 fully saturated rings. The van der Waals surface area contributed by atoms with Crippen LogP contribution >= 0.6 is 22.6 Å². The standard InChI is InChI=1S/C56H4.C12H8F2INO4.C12H9F2NO4.CH4/c1-3-5-7-9-11-13-15-17-19-21-23-25-27-29-31-33-35-37-39-41-43-45-47-49-51-53-55-56-54-52-50-48-46-44-42-40-38-36-34-32-30-28-26-24-22-20-18-16-14-12-10-8-6-4-2;1-2-18-11(17)9-8(15)7-5(16-9)3-4-6-10(7)20-12(13,14)19-6;1-2-17-11(16)8-5-6-7(15-8)3-4-9-10(6)19-12(13,14)18-9;/h1-2H2;3-4,16H,2H2,1H3;3-5,15H,2H2,1H3;1H4. The van der Waals surface area contributed by atoms with Gasteiger partial charge in [0.1, 0.15) is 11.4 Å². The lowest BCUT2D eigenvalue weighted by molar-refractivity contribution is -0.287. The van der Waals surface area contributed by atoms with Gasteiger partial charge in [-0.2, -0.15) is 0 Å². The Morgan fingerprint density at radius 2 is 0.656 bits per heavy atom. The number of alkyl halides is 4. The molecule has 0 radical (unpaired) electrons. The Morgan fingerprint density at radius 1 is 0.396 bits per heavy atom. The van der Waals surface area contributed by atoms with E-state index in [1.165, 1.54) is 24.3 Å². The summed E-state index contributed by atoms with van der Waals surface area (Å²) in [7, 11) is 0. The molecule has 0 aliphatic carbocycles. The third-order valence-corrected chi connectivity index (χ3v) is 9.86. The molecule has 4 heterocycles. The Hall–Kier alpha value is -16.0. The van der Waals surface area contributed by atoms with Gasteiger partial charge in [0.05, 0.1) is 33.2 Å². The van der Waals surface area contributed by atoms with Gasteiger partial charge in [0, 0.05) is 212 Å². The SMILES string of the molecule is C.C=C=C=C=C=C=C=C=C=C=C=C=C=C=C=C=C=C=C=C=C=C=C=C=C=C=C=C=C=C=C=C=C=C=C=C=C=C=C=C=C=C=C=C=C=C=C=C=C=C=C=C=C=C=C=C.CCOC(=O)c1[nH]c2ccc3c(c2c1I)OC(F)(F)O3.CCOC(=O)c1cc2c3c(ccc2[nH]1)OC(F)(F)O3. The minimum Gasteiger partial charge on any atom is -0.461 e. The Balaban J connectivity index is 0.000000475. The zero-order chi connectivity index (χ0) is 68.3. The number of hydrogen-bond donors (Lipinski definition) is 2. The fourth-order valence-corrected chi connectivity index (χ4v) is 6.46. The van der Waals surface area contributed by atoms with Crippen LogP contribution < -0.4 is 18.9 Å². The molecule has 2 aliphatic rings. The van der Waals surface area contributed by atoms with Crippen LogP contribution in [0.4, 0.5) is 17.6 Å². The first-order chi connectivity index (χ1) is 46.3. The minimum absolute atomic E-state index is 0. The maximum Gasteiger partial charge on any atom is 0.586 e. The fourth-order valence-electron chi connectivity index (χ4n) is 5.57. The van der Waals surface area contributed by atoms with Crippen molar-refractivity contribution in [3.63, 3.8) is 0 Å². The molecule has 4 aromatic rings. The summed E-state index contributed by atoms with van der Waals surface area (Å²) >= 11 is 1.88. The van der Waals surface area contributed by atoms with Gasteiger partial charge in [-0.05, 0) is 172 Å². The Labute approximate surface area is 556 Å². The molecule has 15 heteroatoms. The monoisotopic (exact) mass is 1360 g/mol. The van der Waals surface area contributed by atoms with E-state index in [1.54, 1.807) is 19.9 Å². The molecule has 2 N–H and O–H groups in total. The van der Waals surface area contributed by atoms with E-state index in [1.807, 2.05) is 22.6 Å². The van der Waals surface area contributed by atoms with Crippen molar-refractivity contribution < 1.29 is 55.6 Å². The molecule has 10 nitrogen and oxygen atoms in total. The normalized spacial score (nSPS) is 8.66. The number of H-pyrrole nitrogens is 2. The summed E-state index contributed by atoms with van der Waals surface area (Å²) in [4.78, 5) is 29.0. The lowest BCUT2D eigenvalue weighted by Gasteiger charge is -2.04. The van der Waals surface area contributed by atoms with Crippen molar-refractivity contribution in [3.8, 4) is 23.0 Å². The van der Waals surface area contributed by atoms with Crippen molar-refractivity contribution in [2.45, 2.75) is 33.9 Å². The number of benzene rings is 2. The molecule has 0 unspecified atom stereocenters. The van der Waals surface area contributed by atoms with Crippen molar-refractivity contribution in [1.82, 2.24) is 9.97 Å². The Bertz CT molecular complexity index is 6010. The van der Waals surface area contributed by atoms with E-state index >= 15 is 0 Å². The van der Waals surface area contributed by atoms with E-state index in [9.17, 15) is 27.2 Å². The van der Waals surface area contributed by atoms with Crippen LogP contribution in [0.1, 0.15) is 42.3 Å². The number of rotatable bonds is 4. The molecule has 0 spiro atoms. The predicted molar refractivity (Wildman–Crippen MR) is 341 cm³/mol. The van der Waals surface area contributed by atoms with Gasteiger partial charge in [0.2, 0.25) is 0 Å². The number of halogens is 5. The van der Waals surface area contributed by atoms with Gasteiger partial charge in [-0.25, -0.2) is 9.59 Å². The van der Waals surface area contributed by atoms with Crippen LogP contribution in [0.2, 0.25) is 0 Å². The van der Waals surface area contributed by atoms with Gasteiger partial charge in [0.15, 0.2) is 23.0 Å².